The van der Waals surface area contributed by atoms with Gasteiger partial charge in [0.05, 0.1) is 5.75 Å². The Morgan fingerprint density at radius 2 is 1.25 bits per heavy atom. The van der Waals surface area contributed by atoms with E-state index in [2.05, 4.69) is 55.2 Å². The lowest BCUT2D eigenvalue weighted by Gasteiger charge is -2.26. The molecule has 5 nitrogen and oxygen atoms in total. The summed E-state index contributed by atoms with van der Waals surface area (Å²) in [7, 11) is -3.12. The minimum absolute atomic E-state index is 0.257. The molecule has 0 fully saturated rings. The Morgan fingerprint density at radius 3 is 1.88 bits per heavy atom. The van der Waals surface area contributed by atoms with Crippen LogP contribution in [0.4, 0.5) is 0 Å². The molecule has 0 atom stereocenters. The van der Waals surface area contributed by atoms with Crippen molar-refractivity contribution in [3.05, 3.63) is 12.2 Å². The van der Waals surface area contributed by atoms with Crippen LogP contribution in [0.5, 0.6) is 0 Å². The van der Waals surface area contributed by atoms with Crippen LogP contribution < -0.4 is 15.4 Å². The zero-order chi connectivity index (χ0) is 24.0. The highest BCUT2D eigenvalue weighted by atomic mass is 32.2. The van der Waals surface area contributed by atoms with Gasteiger partial charge < -0.3 is 10.6 Å². The Balaban J connectivity index is 3.47. The van der Waals surface area contributed by atoms with Gasteiger partial charge in [-0.1, -0.05) is 78.4 Å². The summed E-state index contributed by atoms with van der Waals surface area (Å²) in [6.45, 7) is 13.7. The number of allylic oxidation sites excluding steroid dienone is 2. The molecule has 0 heterocycles. The third kappa shape index (κ3) is 20.2. The van der Waals surface area contributed by atoms with Crippen LogP contribution in [0.25, 0.3) is 0 Å². The van der Waals surface area contributed by atoms with E-state index in [0.29, 0.717) is 12.0 Å². The van der Waals surface area contributed by atoms with Crippen molar-refractivity contribution < 1.29 is 8.42 Å². The van der Waals surface area contributed by atoms with Crippen molar-refractivity contribution in [2.45, 2.75) is 111 Å². The van der Waals surface area contributed by atoms with Crippen molar-refractivity contribution in [3.8, 4) is 0 Å². The van der Waals surface area contributed by atoms with Crippen molar-refractivity contribution in [2.24, 2.45) is 5.41 Å². The van der Waals surface area contributed by atoms with Crippen LogP contribution >= 0.6 is 0 Å². The molecule has 0 rings (SSSR count). The number of hydrogen-bond acceptors (Lipinski definition) is 4. The summed E-state index contributed by atoms with van der Waals surface area (Å²) < 4.78 is 26.9. The monoisotopic (exact) mass is 473 g/mol. The second-order valence-electron chi connectivity index (χ2n) is 9.50. The van der Waals surface area contributed by atoms with Crippen molar-refractivity contribution >= 4 is 10.0 Å². The highest BCUT2D eigenvalue weighted by molar-refractivity contribution is 7.89. The minimum Gasteiger partial charge on any atom is -0.317 e. The SMILES string of the molecule is CCCC/C=C\CCCCCCS(=O)(=O)NCCCNCCCNCCC(C)(CC)CC. The number of hydrogen-bond donors (Lipinski definition) is 3. The van der Waals surface area contributed by atoms with Gasteiger partial charge in [0.1, 0.15) is 0 Å². The minimum atomic E-state index is -3.12. The summed E-state index contributed by atoms with van der Waals surface area (Å²) in [6.07, 6.45) is 19.1. The second-order valence-corrected chi connectivity index (χ2v) is 11.4. The smallest absolute Gasteiger partial charge is 0.211 e. The summed E-state index contributed by atoms with van der Waals surface area (Å²) in [5.41, 5.74) is 0.476. The molecule has 0 aliphatic heterocycles. The third-order valence-corrected chi connectivity index (χ3v) is 8.07. The van der Waals surface area contributed by atoms with Crippen molar-refractivity contribution in [1.29, 1.82) is 0 Å². The average Bonchev–Trinajstić information content (AvgIpc) is 2.78. The van der Waals surface area contributed by atoms with Crippen LogP contribution in [-0.4, -0.2) is 46.9 Å². The lowest BCUT2D eigenvalue weighted by molar-refractivity contribution is 0.269. The molecule has 0 saturated carbocycles. The van der Waals surface area contributed by atoms with Gasteiger partial charge >= 0.3 is 0 Å². The summed E-state index contributed by atoms with van der Waals surface area (Å²) >= 11 is 0. The predicted octanol–water partition coefficient (Wildman–Crippen LogP) is 5.78. The van der Waals surface area contributed by atoms with Crippen LogP contribution in [-0.2, 0) is 10.0 Å². The third-order valence-electron chi connectivity index (χ3n) is 6.60. The number of sulfonamides is 1. The second kappa shape index (κ2) is 21.1. The van der Waals surface area contributed by atoms with Gasteiger partial charge in [0, 0.05) is 6.54 Å². The predicted molar refractivity (Wildman–Crippen MR) is 142 cm³/mol. The molecule has 0 aromatic carbocycles. The molecular weight excluding hydrogens is 418 g/mol. The molecule has 0 aliphatic rings. The maximum atomic E-state index is 12.1. The molecular formula is C26H55N3O2S. The summed E-state index contributed by atoms with van der Waals surface area (Å²) in [5, 5.41) is 6.95. The van der Waals surface area contributed by atoms with E-state index < -0.39 is 10.0 Å². The van der Waals surface area contributed by atoms with E-state index in [-0.39, 0.29) is 5.75 Å². The first-order valence-electron chi connectivity index (χ1n) is 13.4. The van der Waals surface area contributed by atoms with Crippen LogP contribution in [0.2, 0.25) is 0 Å². The molecule has 0 unspecified atom stereocenters. The van der Waals surface area contributed by atoms with Gasteiger partial charge in [0.2, 0.25) is 10.0 Å². The highest BCUT2D eigenvalue weighted by Gasteiger charge is 2.18. The molecule has 32 heavy (non-hydrogen) atoms. The maximum Gasteiger partial charge on any atom is 0.211 e. The van der Waals surface area contributed by atoms with Crippen LogP contribution in [0.3, 0.4) is 0 Å². The number of nitrogens with one attached hydrogen (secondary N) is 3. The molecule has 6 heteroatoms. The van der Waals surface area contributed by atoms with Crippen molar-refractivity contribution in [1.82, 2.24) is 15.4 Å². The number of rotatable bonds is 24. The summed E-state index contributed by atoms with van der Waals surface area (Å²) in [4.78, 5) is 0. The fraction of sp³-hybridized carbons (Fsp3) is 0.923. The first-order chi connectivity index (χ1) is 15.4. The van der Waals surface area contributed by atoms with E-state index >= 15 is 0 Å². The Kier molecular flexibility index (Phi) is 20.8. The summed E-state index contributed by atoms with van der Waals surface area (Å²) in [5.74, 6) is 0.257. The van der Waals surface area contributed by atoms with Gasteiger partial charge in [0.15, 0.2) is 0 Å². The van der Waals surface area contributed by atoms with Gasteiger partial charge in [-0.15, -0.1) is 0 Å². The van der Waals surface area contributed by atoms with E-state index in [9.17, 15) is 8.42 Å². The van der Waals surface area contributed by atoms with Gasteiger partial charge in [-0.3, -0.25) is 0 Å². The molecule has 0 radical (unpaired) electrons. The lowest BCUT2D eigenvalue weighted by atomic mass is 9.81. The van der Waals surface area contributed by atoms with Gasteiger partial charge in [-0.25, -0.2) is 13.1 Å². The van der Waals surface area contributed by atoms with Crippen molar-refractivity contribution in [3.63, 3.8) is 0 Å². The van der Waals surface area contributed by atoms with E-state index in [4.69, 9.17) is 0 Å². The van der Waals surface area contributed by atoms with Crippen molar-refractivity contribution in [2.75, 3.05) is 38.5 Å². The topological polar surface area (TPSA) is 70.2 Å². The zero-order valence-electron chi connectivity index (χ0n) is 21.8. The van der Waals surface area contributed by atoms with Gasteiger partial charge in [0.25, 0.3) is 0 Å². The maximum absolute atomic E-state index is 12.1. The van der Waals surface area contributed by atoms with E-state index in [1.165, 1.54) is 38.5 Å². The van der Waals surface area contributed by atoms with E-state index in [1.807, 2.05) is 0 Å². The standard InChI is InChI=1S/C26H55N3O2S/c1-5-8-9-10-11-12-13-14-15-16-25-32(30,31)29-23-18-22-27-20-17-21-28-24-19-26(4,6-2)7-3/h10-11,27-29H,5-9,12-25H2,1-4H3/b11-10-. The largest absolute Gasteiger partial charge is 0.317 e. The molecule has 0 bridgehead atoms. The van der Waals surface area contributed by atoms with Crippen LogP contribution in [0.1, 0.15) is 111 Å². The van der Waals surface area contributed by atoms with Crippen LogP contribution in [0, 0.1) is 5.41 Å². The fourth-order valence-electron chi connectivity index (χ4n) is 3.56. The van der Waals surface area contributed by atoms with E-state index in [1.54, 1.807) is 0 Å². The number of unbranched alkanes of at least 4 members (excludes halogenated alkanes) is 6. The van der Waals surface area contributed by atoms with E-state index in [0.717, 1.165) is 71.1 Å². The zero-order valence-corrected chi connectivity index (χ0v) is 22.6. The molecule has 0 aliphatic carbocycles. The molecule has 192 valence electrons. The first kappa shape index (κ1) is 31.6. The molecule has 0 spiro atoms. The quantitative estimate of drug-likeness (QED) is 0.123. The molecule has 0 aromatic heterocycles. The fourth-order valence-corrected chi connectivity index (χ4v) is 4.74. The molecule has 0 amide bonds. The molecule has 0 aromatic rings. The first-order valence-corrected chi connectivity index (χ1v) is 15.1. The average molecular weight is 474 g/mol. The van der Waals surface area contributed by atoms with Gasteiger partial charge in [-0.2, -0.15) is 0 Å². The Labute approximate surface area is 201 Å². The summed E-state index contributed by atoms with van der Waals surface area (Å²) in [6, 6.07) is 0. The van der Waals surface area contributed by atoms with Gasteiger partial charge in [-0.05, 0) is 76.5 Å². The molecule has 3 N–H and O–H groups in total. The Morgan fingerprint density at radius 1 is 0.688 bits per heavy atom. The van der Waals surface area contributed by atoms with Crippen LogP contribution in [0.15, 0.2) is 12.2 Å². The Hall–Kier alpha value is -0.430. The normalized spacial score (nSPS) is 12.8. The Bertz CT molecular complexity index is 531. The molecule has 0 saturated heterocycles. The lowest BCUT2D eigenvalue weighted by Crippen LogP contribution is -2.30. The highest BCUT2D eigenvalue weighted by Crippen LogP contribution is 2.28.